The van der Waals surface area contributed by atoms with Gasteiger partial charge in [0.2, 0.25) is 5.91 Å². The van der Waals surface area contributed by atoms with Gasteiger partial charge in [-0.15, -0.1) is 0 Å². The van der Waals surface area contributed by atoms with E-state index < -0.39 is 17.7 Å². The highest BCUT2D eigenvalue weighted by atomic mass is 16.6. The fraction of sp³-hybridized carbons (Fsp3) is 0.556. The number of nitrogens with one attached hydrogen (secondary N) is 1. The molecule has 1 aromatic carbocycles. The van der Waals surface area contributed by atoms with Gasteiger partial charge in [0.25, 0.3) is 0 Å². The topological polar surface area (TPSA) is 58.6 Å². The molecule has 126 valence electrons. The second-order valence-corrected chi connectivity index (χ2v) is 7.09. The molecule has 0 unspecified atom stereocenters. The number of hydrogen-bond donors (Lipinski definition) is 1. The molecule has 0 aromatic heterocycles. The number of amides is 2. The number of ether oxygens (including phenoxy) is 1. The smallest absolute Gasteiger partial charge is 0.408 e. The van der Waals surface area contributed by atoms with Crippen LogP contribution in [0.1, 0.15) is 45.2 Å². The first kappa shape index (κ1) is 17.3. The summed E-state index contributed by atoms with van der Waals surface area (Å²) in [6, 6.07) is 5.50. The van der Waals surface area contributed by atoms with Crippen LogP contribution in [0.15, 0.2) is 18.2 Å². The average molecular weight is 318 g/mol. The van der Waals surface area contributed by atoms with Crippen molar-refractivity contribution >= 4 is 17.7 Å². The van der Waals surface area contributed by atoms with Crippen LogP contribution in [0.25, 0.3) is 0 Å². The Morgan fingerprint density at radius 1 is 1.30 bits per heavy atom. The van der Waals surface area contributed by atoms with Crippen molar-refractivity contribution in [1.82, 2.24) is 5.32 Å². The predicted molar refractivity (Wildman–Crippen MR) is 90.7 cm³/mol. The Hall–Kier alpha value is -2.04. The van der Waals surface area contributed by atoms with Crippen LogP contribution < -0.4 is 10.2 Å². The van der Waals surface area contributed by atoms with Gasteiger partial charge in [-0.1, -0.05) is 17.7 Å². The van der Waals surface area contributed by atoms with Crippen molar-refractivity contribution in [3.05, 3.63) is 29.3 Å². The lowest BCUT2D eigenvalue weighted by molar-refractivity contribution is -0.120. The molecule has 0 fully saturated rings. The van der Waals surface area contributed by atoms with Crippen LogP contribution >= 0.6 is 0 Å². The molecule has 0 spiro atoms. The van der Waals surface area contributed by atoms with Gasteiger partial charge in [0.05, 0.1) is 0 Å². The number of carbonyl (C=O) groups is 2. The van der Waals surface area contributed by atoms with Gasteiger partial charge in [-0.25, -0.2) is 4.79 Å². The van der Waals surface area contributed by atoms with E-state index in [-0.39, 0.29) is 5.91 Å². The number of anilines is 1. The zero-order chi connectivity index (χ0) is 17.2. The van der Waals surface area contributed by atoms with E-state index in [0.717, 1.165) is 18.5 Å². The molecule has 0 radical (unpaired) electrons. The molecule has 5 heteroatoms. The summed E-state index contributed by atoms with van der Waals surface area (Å²) < 4.78 is 5.21. The number of benzene rings is 1. The van der Waals surface area contributed by atoms with E-state index in [1.165, 1.54) is 11.1 Å². The van der Waals surface area contributed by atoms with Gasteiger partial charge in [0, 0.05) is 12.2 Å². The lowest BCUT2D eigenvalue weighted by Crippen LogP contribution is -2.49. The summed E-state index contributed by atoms with van der Waals surface area (Å²) in [6.45, 7) is 9.80. The Morgan fingerprint density at radius 2 is 2.00 bits per heavy atom. The van der Waals surface area contributed by atoms with E-state index in [1.807, 2.05) is 19.1 Å². The summed E-state index contributed by atoms with van der Waals surface area (Å²) >= 11 is 0. The Labute approximate surface area is 138 Å². The maximum Gasteiger partial charge on any atom is 0.408 e. The first-order chi connectivity index (χ1) is 10.7. The van der Waals surface area contributed by atoms with E-state index >= 15 is 0 Å². The van der Waals surface area contributed by atoms with Crippen molar-refractivity contribution in [1.29, 1.82) is 0 Å². The molecule has 0 bridgehead atoms. The van der Waals surface area contributed by atoms with E-state index in [1.54, 1.807) is 32.6 Å². The molecule has 2 rings (SSSR count). The molecule has 23 heavy (non-hydrogen) atoms. The standard InChI is InChI=1S/C18H26N2O3/c1-12-8-9-15-14(11-12)7-6-10-20(15)16(21)13(2)19-17(22)23-18(3,4)5/h8-9,11,13H,6-7,10H2,1-5H3,(H,19,22)/t13-/m1/s1. The van der Waals surface area contributed by atoms with Crippen LogP contribution in [0.4, 0.5) is 10.5 Å². The number of hydrogen-bond acceptors (Lipinski definition) is 3. The van der Waals surface area contributed by atoms with Gasteiger partial charge >= 0.3 is 6.09 Å². The van der Waals surface area contributed by atoms with E-state index in [9.17, 15) is 9.59 Å². The van der Waals surface area contributed by atoms with Gasteiger partial charge in [-0.2, -0.15) is 0 Å². The summed E-state index contributed by atoms with van der Waals surface area (Å²) in [4.78, 5) is 26.3. The second-order valence-electron chi connectivity index (χ2n) is 7.09. The SMILES string of the molecule is Cc1ccc2c(c1)CCCN2C(=O)[C@@H](C)NC(=O)OC(C)(C)C. The largest absolute Gasteiger partial charge is 0.444 e. The second kappa shape index (κ2) is 6.60. The van der Waals surface area contributed by atoms with Gasteiger partial charge in [-0.3, -0.25) is 4.79 Å². The van der Waals surface area contributed by atoms with Crippen LogP contribution in [-0.2, 0) is 16.0 Å². The summed E-state index contributed by atoms with van der Waals surface area (Å²) in [5.74, 6) is -0.110. The van der Waals surface area contributed by atoms with Crippen LogP contribution in [0.2, 0.25) is 0 Å². The number of carbonyl (C=O) groups excluding carboxylic acids is 2. The van der Waals surface area contributed by atoms with Crippen molar-refractivity contribution in [2.24, 2.45) is 0 Å². The van der Waals surface area contributed by atoms with Crippen LogP contribution in [0.3, 0.4) is 0 Å². The molecule has 5 nitrogen and oxygen atoms in total. The molecule has 1 heterocycles. The fourth-order valence-corrected chi connectivity index (χ4v) is 2.73. The highest BCUT2D eigenvalue weighted by Crippen LogP contribution is 2.28. The third kappa shape index (κ3) is 4.47. The molecule has 0 saturated heterocycles. The third-order valence-corrected chi connectivity index (χ3v) is 3.72. The van der Waals surface area contributed by atoms with Crippen molar-refractivity contribution in [3.8, 4) is 0 Å². The molecule has 1 atom stereocenters. The maximum absolute atomic E-state index is 12.7. The Balaban J connectivity index is 2.08. The van der Waals surface area contributed by atoms with Crippen molar-refractivity contribution in [2.45, 2.75) is 59.1 Å². The fourth-order valence-electron chi connectivity index (χ4n) is 2.73. The number of alkyl carbamates (subject to hydrolysis) is 1. The Morgan fingerprint density at radius 3 is 2.65 bits per heavy atom. The van der Waals surface area contributed by atoms with E-state index in [0.29, 0.717) is 6.54 Å². The van der Waals surface area contributed by atoms with Gasteiger partial charge in [-0.05, 0) is 59.1 Å². The minimum Gasteiger partial charge on any atom is -0.444 e. The molecule has 1 N–H and O–H groups in total. The minimum absolute atomic E-state index is 0.110. The monoisotopic (exact) mass is 318 g/mol. The molecule has 2 amide bonds. The number of rotatable bonds is 2. The summed E-state index contributed by atoms with van der Waals surface area (Å²) in [5.41, 5.74) is 2.75. The highest BCUT2D eigenvalue weighted by molar-refractivity contribution is 5.99. The first-order valence-corrected chi connectivity index (χ1v) is 8.08. The maximum atomic E-state index is 12.7. The Bertz CT molecular complexity index is 605. The molecule has 1 aliphatic rings. The number of nitrogens with zero attached hydrogens (tertiary/aromatic N) is 1. The first-order valence-electron chi connectivity index (χ1n) is 8.08. The molecule has 1 aromatic rings. The lowest BCUT2D eigenvalue weighted by Gasteiger charge is -2.32. The molecule has 1 aliphatic heterocycles. The molecular formula is C18H26N2O3. The Kier molecular flexibility index (Phi) is 4.97. The molecule has 0 aliphatic carbocycles. The van der Waals surface area contributed by atoms with Crippen LogP contribution in [0.5, 0.6) is 0 Å². The zero-order valence-corrected chi connectivity index (χ0v) is 14.6. The normalized spacial score (nSPS) is 15.6. The van der Waals surface area contributed by atoms with Crippen molar-refractivity contribution in [2.75, 3.05) is 11.4 Å². The zero-order valence-electron chi connectivity index (χ0n) is 14.6. The van der Waals surface area contributed by atoms with E-state index in [2.05, 4.69) is 11.4 Å². The lowest BCUT2D eigenvalue weighted by atomic mass is 9.99. The van der Waals surface area contributed by atoms with E-state index in [4.69, 9.17) is 4.74 Å². The molecular weight excluding hydrogens is 292 g/mol. The summed E-state index contributed by atoms with van der Waals surface area (Å²) in [7, 11) is 0. The molecule has 0 saturated carbocycles. The summed E-state index contributed by atoms with van der Waals surface area (Å²) in [6.07, 6.45) is 1.34. The van der Waals surface area contributed by atoms with Gasteiger partial charge in [0.1, 0.15) is 11.6 Å². The average Bonchev–Trinajstić information content (AvgIpc) is 2.43. The minimum atomic E-state index is -0.628. The van der Waals surface area contributed by atoms with Gasteiger partial charge < -0.3 is 15.0 Å². The quantitative estimate of drug-likeness (QED) is 0.911. The number of aryl methyl sites for hydroxylation is 2. The summed E-state index contributed by atoms with van der Waals surface area (Å²) in [5, 5.41) is 2.62. The third-order valence-electron chi connectivity index (χ3n) is 3.72. The van der Waals surface area contributed by atoms with Crippen molar-refractivity contribution in [3.63, 3.8) is 0 Å². The highest BCUT2D eigenvalue weighted by Gasteiger charge is 2.28. The van der Waals surface area contributed by atoms with Gasteiger partial charge in [0.15, 0.2) is 0 Å². The number of fused-ring (bicyclic) bond motifs is 1. The predicted octanol–water partition coefficient (Wildman–Crippen LogP) is 3.19. The van der Waals surface area contributed by atoms with Crippen LogP contribution in [0, 0.1) is 6.92 Å². The van der Waals surface area contributed by atoms with Crippen molar-refractivity contribution < 1.29 is 14.3 Å². The van der Waals surface area contributed by atoms with Crippen LogP contribution in [-0.4, -0.2) is 30.2 Å².